The van der Waals surface area contributed by atoms with Crippen molar-refractivity contribution in [2.45, 2.75) is 33.6 Å². The molecule has 1 aliphatic carbocycles. The van der Waals surface area contributed by atoms with Crippen molar-refractivity contribution >= 4 is 0 Å². The van der Waals surface area contributed by atoms with Crippen molar-refractivity contribution in [1.29, 1.82) is 5.26 Å². The lowest BCUT2D eigenvalue weighted by Crippen LogP contribution is -2.14. The van der Waals surface area contributed by atoms with Crippen LogP contribution in [0.2, 0.25) is 0 Å². The summed E-state index contributed by atoms with van der Waals surface area (Å²) in [7, 11) is 0. The highest BCUT2D eigenvalue weighted by Crippen LogP contribution is 2.40. The molecule has 0 N–H and O–H groups in total. The topological polar surface area (TPSA) is 23.8 Å². The third-order valence-electron chi connectivity index (χ3n) is 3.14. The summed E-state index contributed by atoms with van der Waals surface area (Å²) < 4.78 is 0. The van der Waals surface area contributed by atoms with Crippen LogP contribution < -0.4 is 0 Å². The van der Waals surface area contributed by atoms with Crippen LogP contribution in [0, 0.1) is 35.0 Å². The Morgan fingerprint density at radius 3 is 2.27 bits per heavy atom. The monoisotopic (exact) mass is 151 g/mol. The average Bonchev–Trinajstić information content (AvgIpc) is 2.30. The van der Waals surface area contributed by atoms with Gasteiger partial charge in [0.25, 0.3) is 0 Å². The highest BCUT2D eigenvalue weighted by molar-refractivity contribution is 4.95. The van der Waals surface area contributed by atoms with E-state index in [1.165, 1.54) is 6.42 Å². The van der Waals surface area contributed by atoms with Crippen molar-refractivity contribution in [2.75, 3.05) is 0 Å². The first-order chi connectivity index (χ1) is 5.16. The predicted octanol–water partition coefficient (Wildman–Crippen LogP) is 2.83. The van der Waals surface area contributed by atoms with Crippen molar-refractivity contribution in [1.82, 2.24) is 0 Å². The number of hydrogen-bond acceptors (Lipinski definition) is 1. The summed E-state index contributed by atoms with van der Waals surface area (Å²) in [6, 6.07) is 2.40. The second-order valence-electron chi connectivity index (χ2n) is 4.08. The van der Waals surface area contributed by atoms with Crippen molar-refractivity contribution in [3.8, 4) is 6.07 Å². The van der Waals surface area contributed by atoms with Gasteiger partial charge in [-0.25, -0.2) is 0 Å². The average molecular weight is 151 g/mol. The molecule has 1 saturated carbocycles. The number of nitriles is 1. The minimum Gasteiger partial charge on any atom is -0.198 e. The van der Waals surface area contributed by atoms with Crippen molar-refractivity contribution in [3.63, 3.8) is 0 Å². The second kappa shape index (κ2) is 3.26. The van der Waals surface area contributed by atoms with Crippen LogP contribution >= 0.6 is 0 Å². The second-order valence-corrected chi connectivity index (χ2v) is 4.08. The number of nitrogens with zero attached hydrogens (tertiary/aromatic N) is 1. The molecule has 0 saturated heterocycles. The molecule has 0 heterocycles. The zero-order chi connectivity index (χ0) is 8.43. The first-order valence-corrected chi connectivity index (χ1v) is 4.56. The van der Waals surface area contributed by atoms with Crippen LogP contribution in [0.5, 0.6) is 0 Å². The summed E-state index contributed by atoms with van der Waals surface area (Å²) >= 11 is 0. The normalized spacial score (nSPS) is 37.5. The lowest BCUT2D eigenvalue weighted by molar-refractivity contribution is 0.295. The molecular formula is C10H17N. The third kappa shape index (κ3) is 1.56. The van der Waals surface area contributed by atoms with Gasteiger partial charge in [0.1, 0.15) is 0 Å². The van der Waals surface area contributed by atoms with E-state index in [1.807, 2.05) is 0 Å². The zero-order valence-electron chi connectivity index (χ0n) is 7.67. The minimum absolute atomic E-state index is 0.336. The van der Waals surface area contributed by atoms with E-state index in [0.717, 1.165) is 18.3 Å². The molecule has 1 rings (SSSR count). The third-order valence-corrected chi connectivity index (χ3v) is 3.14. The molecule has 0 bridgehead atoms. The lowest BCUT2D eigenvalue weighted by Gasteiger charge is -2.20. The minimum atomic E-state index is 0.336. The number of rotatable bonds is 1. The summed E-state index contributed by atoms with van der Waals surface area (Å²) in [4.78, 5) is 0. The fourth-order valence-electron chi connectivity index (χ4n) is 2.32. The van der Waals surface area contributed by atoms with Crippen molar-refractivity contribution < 1.29 is 0 Å². The van der Waals surface area contributed by atoms with Gasteiger partial charge in [-0.05, 0) is 30.6 Å². The van der Waals surface area contributed by atoms with E-state index < -0.39 is 0 Å². The summed E-state index contributed by atoms with van der Waals surface area (Å²) in [5.41, 5.74) is 0. The molecule has 3 unspecified atom stereocenters. The van der Waals surface area contributed by atoms with Gasteiger partial charge in [0.05, 0.1) is 6.07 Å². The Balaban J connectivity index is 2.57. The molecule has 1 fully saturated rings. The maximum Gasteiger partial charge on any atom is 0.0658 e. The van der Waals surface area contributed by atoms with Gasteiger partial charge in [0, 0.05) is 5.92 Å². The van der Waals surface area contributed by atoms with Crippen LogP contribution in [0.4, 0.5) is 0 Å². The SMILES string of the molecule is CC(C)C1CCC(C#N)C1C. The van der Waals surface area contributed by atoms with Gasteiger partial charge in [-0.15, -0.1) is 0 Å². The van der Waals surface area contributed by atoms with Gasteiger partial charge in [-0.2, -0.15) is 5.26 Å². The summed E-state index contributed by atoms with van der Waals surface area (Å²) in [6.07, 6.45) is 2.39. The first-order valence-electron chi connectivity index (χ1n) is 4.56. The van der Waals surface area contributed by atoms with Gasteiger partial charge >= 0.3 is 0 Å². The molecule has 0 spiro atoms. The predicted molar refractivity (Wildman–Crippen MR) is 45.8 cm³/mol. The standard InChI is InChI=1S/C10H17N/c1-7(2)10-5-4-9(6-11)8(10)3/h7-10H,4-5H2,1-3H3. The quantitative estimate of drug-likeness (QED) is 0.565. The Morgan fingerprint density at radius 1 is 1.36 bits per heavy atom. The lowest BCUT2D eigenvalue weighted by atomic mass is 9.84. The molecule has 62 valence electrons. The molecule has 1 aliphatic rings. The maximum absolute atomic E-state index is 8.79. The van der Waals surface area contributed by atoms with Gasteiger partial charge < -0.3 is 0 Å². The molecule has 0 aromatic heterocycles. The van der Waals surface area contributed by atoms with E-state index in [1.54, 1.807) is 0 Å². The zero-order valence-corrected chi connectivity index (χ0v) is 7.67. The Hall–Kier alpha value is -0.510. The molecule has 0 aromatic rings. The first kappa shape index (κ1) is 8.59. The van der Waals surface area contributed by atoms with Gasteiger partial charge in [0.2, 0.25) is 0 Å². The Morgan fingerprint density at radius 2 is 2.00 bits per heavy atom. The van der Waals surface area contributed by atoms with Crippen molar-refractivity contribution in [2.24, 2.45) is 23.7 Å². The summed E-state index contributed by atoms with van der Waals surface area (Å²) in [6.45, 7) is 6.76. The van der Waals surface area contributed by atoms with E-state index in [-0.39, 0.29) is 0 Å². The van der Waals surface area contributed by atoms with E-state index >= 15 is 0 Å². The van der Waals surface area contributed by atoms with Crippen LogP contribution in [0.25, 0.3) is 0 Å². The smallest absolute Gasteiger partial charge is 0.0658 e. The van der Waals surface area contributed by atoms with Crippen molar-refractivity contribution in [3.05, 3.63) is 0 Å². The molecule has 0 amide bonds. The van der Waals surface area contributed by atoms with Gasteiger partial charge in [-0.1, -0.05) is 20.8 Å². The molecule has 0 radical (unpaired) electrons. The van der Waals surface area contributed by atoms with Crippen LogP contribution in [-0.4, -0.2) is 0 Å². The molecule has 1 nitrogen and oxygen atoms in total. The highest BCUT2D eigenvalue weighted by atomic mass is 14.4. The maximum atomic E-state index is 8.79. The molecule has 11 heavy (non-hydrogen) atoms. The van der Waals surface area contributed by atoms with E-state index in [0.29, 0.717) is 11.8 Å². The fourth-order valence-corrected chi connectivity index (χ4v) is 2.32. The molecule has 3 atom stereocenters. The molecule has 0 aliphatic heterocycles. The van der Waals surface area contributed by atoms with Gasteiger partial charge in [-0.3, -0.25) is 0 Å². The molecular weight excluding hydrogens is 134 g/mol. The number of hydrogen-bond donors (Lipinski definition) is 0. The van der Waals surface area contributed by atoms with Crippen LogP contribution in [0.3, 0.4) is 0 Å². The van der Waals surface area contributed by atoms with Crippen LogP contribution in [0.1, 0.15) is 33.6 Å². The van der Waals surface area contributed by atoms with E-state index in [2.05, 4.69) is 26.8 Å². The Labute approximate surface area is 69.4 Å². The summed E-state index contributed by atoms with van der Waals surface area (Å²) in [5.74, 6) is 2.50. The van der Waals surface area contributed by atoms with Crippen LogP contribution in [0.15, 0.2) is 0 Å². The molecule has 1 heteroatoms. The Bertz CT molecular complexity index is 166. The van der Waals surface area contributed by atoms with E-state index in [4.69, 9.17) is 5.26 Å². The van der Waals surface area contributed by atoms with Crippen LogP contribution in [-0.2, 0) is 0 Å². The van der Waals surface area contributed by atoms with Gasteiger partial charge in [0.15, 0.2) is 0 Å². The highest BCUT2D eigenvalue weighted by Gasteiger charge is 2.34. The largest absolute Gasteiger partial charge is 0.198 e. The van der Waals surface area contributed by atoms with E-state index in [9.17, 15) is 0 Å². The Kier molecular flexibility index (Phi) is 2.54. The fraction of sp³-hybridized carbons (Fsp3) is 0.900. The summed E-state index contributed by atoms with van der Waals surface area (Å²) in [5, 5.41) is 8.79. The molecule has 0 aromatic carbocycles.